The Morgan fingerprint density at radius 3 is 2.84 bits per heavy atom. The van der Waals surface area contributed by atoms with Crippen LogP contribution in [0.2, 0.25) is 0 Å². The SMILES string of the molecule is CCc1nnc(NC(=O)CSc2nnc(N3C(N)=C(C#N)C(c4ccc(C)o4)C4=C3CCCC4=O)s2)s1. The minimum Gasteiger partial charge on any atom is -0.465 e. The Kier molecular flexibility index (Phi) is 7.09. The smallest absolute Gasteiger partial charge is 0.236 e. The van der Waals surface area contributed by atoms with Crippen LogP contribution in [-0.4, -0.2) is 37.8 Å². The summed E-state index contributed by atoms with van der Waals surface area (Å²) in [4.78, 5) is 27.1. The molecule has 1 amide bonds. The number of hydrogen-bond acceptors (Lipinski definition) is 13. The van der Waals surface area contributed by atoms with Gasteiger partial charge in [0.05, 0.1) is 23.3 Å². The van der Waals surface area contributed by atoms with Crippen molar-refractivity contribution in [2.75, 3.05) is 16.0 Å². The fourth-order valence-electron chi connectivity index (χ4n) is 4.28. The predicted molar refractivity (Wildman–Crippen MR) is 140 cm³/mol. The lowest BCUT2D eigenvalue weighted by atomic mass is 9.78. The zero-order valence-corrected chi connectivity index (χ0v) is 22.4. The van der Waals surface area contributed by atoms with E-state index < -0.39 is 5.92 Å². The molecule has 3 N–H and O–H groups in total. The summed E-state index contributed by atoms with van der Waals surface area (Å²) in [7, 11) is 0. The number of furan rings is 1. The highest BCUT2D eigenvalue weighted by atomic mass is 32.2. The van der Waals surface area contributed by atoms with Gasteiger partial charge in [-0.15, -0.1) is 20.4 Å². The van der Waals surface area contributed by atoms with E-state index in [2.05, 4.69) is 31.8 Å². The van der Waals surface area contributed by atoms with Crippen LogP contribution in [0.15, 0.2) is 43.6 Å². The molecule has 0 spiro atoms. The van der Waals surface area contributed by atoms with Crippen LogP contribution in [0.1, 0.15) is 48.6 Å². The van der Waals surface area contributed by atoms with Crippen LogP contribution < -0.4 is 16.0 Å². The Morgan fingerprint density at radius 2 is 2.14 bits per heavy atom. The van der Waals surface area contributed by atoms with Crippen LogP contribution in [-0.2, 0) is 16.0 Å². The number of hydrogen-bond donors (Lipinski definition) is 2. The highest BCUT2D eigenvalue weighted by Crippen LogP contribution is 2.47. The molecule has 0 saturated carbocycles. The molecule has 1 aliphatic carbocycles. The summed E-state index contributed by atoms with van der Waals surface area (Å²) in [5.41, 5.74) is 7.99. The van der Waals surface area contributed by atoms with Gasteiger partial charge >= 0.3 is 0 Å². The number of rotatable bonds is 7. The van der Waals surface area contributed by atoms with Crippen LogP contribution in [0, 0.1) is 18.3 Å². The third-order valence-corrected chi connectivity index (χ3v) is 8.91. The number of nitrogens with two attached hydrogens (primary N) is 1. The Morgan fingerprint density at radius 1 is 1.30 bits per heavy atom. The first-order valence-electron chi connectivity index (χ1n) is 11.5. The van der Waals surface area contributed by atoms with Crippen LogP contribution in [0.25, 0.3) is 0 Å². The average molecular weight is 555 g/mol. The van der Waals surface area contributed by atoms with Gasteiger partial charge in [-0.25, -0.2) is 0 Å². The highest BCUT2D eigenvalue weighted by molar-refractivity contribution is 8.01. The van der Waals surface area contributed by atoms with Gasteiger partial charge < -0.3 is 10.2 Å². The fraction of sp³-hybridized carbons (Fsp3) is 0.348. The molecule has 3 aromatic heterocycles. The molecular weight excluding hydrogens is 533 g/mol. The molecule has 0 saturated heterocycles. The van der Waals surface area contributed by atoms with E-state index in [0.29, 0.717) is 56.7 Å². The molecule has 2 aliphatic rings. The molecule has 14 heteroatoms. The van der Waals surface area contributed by atoms with E-state index >= 15 is 0 Å². The van der Waals surface area contributed by atoms with Crippen molar-refractivity contribution in [3.8, 4) is 6.07 Å². The lowest BCUT2D eigenvalue weighted by molar-refractivity contribution is -0.116. The second kappa shape index (κ2) is 10.4. The fourth-order valence-corrected chi connectivity index (χ4v) is 6.66. The molecule has 0 fully saturated rings. The van der Waals surface area contributed by atoms with Gasteiger partial charge in [0.25, 0.3) is 0 Å². The van der Waals surface area contributed by atoms with Gasteiger partial charge in [0, 0.05) is 17.7 Å². The van der Waals surface area contributed by atoms with Crippen molar-refractivity contribution in [3.05, 3.63) is 51.3 Å². The van der Waals surface area contributed by atoms with Gasteiger partial charge in [0.2, 0.25) is 16.2 Å². The summed E-state index contributed by atoms with van der Waals surface area (Å²) in [6.45, 7) is 3.78. The first kappa shape index (κ1) is 25.1. The van der Waals surface area contributed by atoms with Crippen LogP contribution in [0.5, 0.6) is 0 Å². The minimum absolute atomic E-state index is 0.0377. The number of nitrogens with zero attached hydrogens (tertiary/aromatic N) is 6. The van der Waals surface area contributed by atoms with Crippen molar-refractivity contribution in [3.63, 3.8) is 0 Å². The first-order chi connectivity index (χ1) is 17.9. The van der Waals surface area contributed by atoms with E-state index in [0.717, 1.165) is 11.4 Å². The first-order valence-corrected chi connectivity index (χ1v) is 14.1. The number of thioether (sulfide) groups is 1. The molecule has 190 valence electrons. The number of allylic oxidation sites excluding steroid dienone is 3. The maximum atomic E-state index is 13.1. The third kappa shape index (κ3) is 4.89. The number of anilines is 2. The van der Waals surface area contributed by atoms with Crippen molar-refractivity contribution in [1.82, 2.24) is 20.4 Å². The second-order valence-corrected chi connectivity index (χ2v) is 11.5. The number of carbonyl (C=O) groups excluding carboxylic acids is 2. The normalized spacial score (nSPS) is 17.7. The lowest BCUT2D eigenvalue weighted by Gasteiger charge is -2.37. The van der Waals surface area contributed by atoms with Crippen molar-refractivity contribution in [2.45, 2.75) is 49.8 Å². The third-order valence-electron chi connectivity index (χ3n) is 5.89. The predicted octanol–water partition coefficient (Wildman–Crippen LogP) is 3.89. The molecule has 0 aromatic carbocycles. The molecule has 3 aromatic rings. The standard InChI is InChI=1S/C23H22N8O3S3/c1-3-17-27-28-21(36-17)26-16(33)10-35-23-30-29-22(37-23)31-13-5-4-6-14(32)19(13)18(12(9-24)20(31)25)15-8-7-11(2)34-15/h7-8,18H,3-6,10,25H2,1-2H3,(H,26,28,33). The van der Waals surface area contributed by atoms with Crippen LogP contribution in [0.4, 0.5) is 10.3 Å². The molecule has 1 unspecified atom stereocenters. The Balaban J connectivity index is 1.40. The quantitative estimate of drug-likeness (QED) is 0.407. The summed E-state index contributed by atoms with van der Waals surface area (Å²) in [5.74, 6) is 0.580. The maximum absolute atomic E-state index is 13.1. The number of amides is 1. The van der Waals surface area contributed by atoms with Crippen molar-refractivity contribution < 1.29 is 14.0 Å². The highest BCUT2D eigenvalue weighted by Gasteiger charge is 2.42. The Labute approximate surface area is 224 Å². The van der Waals surface area contributed by atoms with Crippen LogP contribution in [0.3, 0.4) is 0 Å². The summed E-state index contributed by atoms with van der Waals surface area (Å²) in [6.07, 6.45) is 2.41. The minimum atomic E-state index is -0.656. The van der Waals surface area contributed by atoms with Gasteiger partial charge in [-0.2, -0.15) is 5.26 Å². The average Bonchev–Trinajstić information content (AvgIpc) is 3.63. The van der Waals surface area contributed by atoms with E-state index in [1.54, 1.807) is 17.0 Å². The van der Waals surface area contributed by atoms with Gasteiger partial charge in [0.15, 0.2) is 10.1 Å². The monoisotopic (exact) mass is 554 g/mol. The van der Waals surface area contributed by atoms with Gasteiger partial charge in [0.1, 0.15) is 22.3 Å². The van der Waals surface area contributed by atoms with Gasteiger partial charge in [-0.05, 0) is 38.3 Å². The molecule has 0 bridgehead atoms. The largest absolute Gasteiger partial charge is 0.465 e. The molecule has 0 radical (unpaired) electrons. The molecule has 1 atom stereocenters. The number of aryl methyl sites for hydroxylation is 2. The van der Waals surface area contributed by atoms with Gasteiger partial charge in [-0.1, -0.05) is 41.4 Å². The van der Waals surface area contributed by atoms with Crippen molar-refractivity contribution in [2.24, 2.45) is 5.73 Å². The zero-order valence-electron chi connectivity index (χ0n) is 20.0. The van der Waals surface area contributed by atoms with E-state index in [9.17, 15) is 14.9 Å². The number of carbonyl (C=O) groups is 2. The van der Waals surface area contributed by atoms with E-state index in [-0.39, 0.29) is 28.8 Å². The lowest BCUT2D eigenvalue weighted by Crippen LogP contribution is -2.38. The van der Waals surface area contributed by atoms with Crippen LogP contribution >= 0.6 is 34.4 Å². The summed E-state index contributed by atoms with van der Waals surface area (Å²) in [5, 5.41) is 31.0. The van der Waals surface area contributed by atoms with Crippen molar-refractivity contribution in [1.29, 1.82) is 5.26 Å². The van der Waals surface area contributed by atoms with E-state index in [1.165, 1.54) is 34.4 Å². The Bertz CT molecular complexity index is 1480. The number of aromatic nitrogens is 4. The Hall–Kier alpha value is -3.54. The molecular formula is C23H22N8O3S3. The number of ketones is 1. The molecule has 4 heterocycles. The molecule has 11 nitrogen and oxygen atoms in total. The molecule has 37 heavy (non-hydrogen) atoms. The summed E-state index contributed by atoms with van der Waals surface area (Å²) < 4.78 is 6.38. The van der Waals surface area contributed by atoms with Gasteiger partial charge in [-0.3, -0.25) is 19.8 Å². The van der Waals surface area contributed by atoms with Crippen molar-refractivity contribution >= 4 is 56.4 Å². The molecule has 1 aliphatic heterocycles. The summed E-state index contributed by atoms with van der Waals surface area (Å²) >= 11 is 3.80. The number of nitrogens with one attached hydrogen (secondary N) is 1. The second-order valence-electron chi connectivity index (χ2n) is 8.31. The summed E-state index contributed by atoms with van der Waals surface area (Å²) in [6, 6.07) is 5.78. The van der Waals surface area contributed by atoms with E-state index in [4.69, 9.17) is 10.2 Å². The van der Waals surface area contributed by atoms with E-state index in [1.807, 2.05) is 13.8 Å². The number of nitriles is 1. The zero-order chi connectivity index (χ0) is 26.1. The topological polar surface area (TPSA) is 164 Å². The maximum Gasteiger partial charge on any atom is 0.236 e. The molecule has 5 rings (SSSR count). The number of Topliss-reactive ketones (excluding diaryl/α,β-unsaturated/α-hetero) is 1.